The van der Waals surface area contributed by atoms with Gasteiger partial charge in [-0.25, -0.2) is 0 Å². The van der Waals surface area contributed by atoms with Crippen molar-refractivity contribution in [2.75, 3.05) is 0 Å². The summed E-state index contributed by atoms with van der Waals surface area (Å²) in [6.45, 7) is 1.88. The molecule has 0 saturated heterocycles. The highest BCUT2D eigenvalue weighted by Crippen LogP contribution is 1.65. The van der Waals surface area contributed by atoms with Gasteiger partial charge < -0.3 is 4.76 Å². The third kappa shape index (κ3) is 3.60. The number of rotatable bonds is 1. The molecule has 0 aliphatic heterocycles. The summed E-state index contributed by atoms with van der Waals surface area (Å²) >= 11 is 0. The molecule has 6 heavy (non-hydrogen) atoms. The maximum Gasteiger partial charge on any atom is 0.360 e. The van der Waals surface area contributed by atoms with Gasteiger partial charge >= 0.3 is 8.05 Å². The van der Waals surface area contributed by atoms with Crippen molar-refractivity contribution in [3.8, 4) is 0 Å². The minimum Gasteiger partial charge on any atom is -0.480 e. The molecule has 0 spiro atoms. The molecule has 0 amide bonds. The van der Waals surface area contributed by atoms with Gasteiger partial charge in [-0.15, -0.1) is 5.16 Å². The topological polar surface area (TPSA) is 21.6 Å². The lowest BCUT2D eigenvalue weighted by molar-refractivity contribution is 0.379. The molecule has 0 rings (SSSR count). The van der Waals surface area contributed by atoms with Crippen molar-refractivity contribution in [1.29, 1.82) is 0 Å². The van der Waals surface area contributed by atoms with E-state index in [1.165, 1.54) is 8.05 Å². The fraction of sp³-hybridized carbons (Fsp3) is 0.500. The average Bonchev–Trinajstić information content (AvgIpc) is 1.35. The van der Waals surface area contributed by atoms with Crippen LogP contribution in [0.15, 0.2) is 5.16 Å². The van der Waals surface area contributed by atoms with E-state index in [-0.39, 0.29) is 0 Å². The summed E-state index contributed by atoms with van der Waals surface area (Å²) in [4.78, 5) is 0. The molecule has 0 saturated carbocycles. The molecule has 0 atom stereocenters. The maximum absolute atomic E-state index is 4.39. The van der Waals surface area contributed by atoms with Crippen LogP contribution in [0.3, 0.4) is 0 Å². The molecular weight excluding hydrogens is 75.7 g/mol. The van der Waals surface area contributed by atoms with Crippen molar-refractivity contribution < 1.29 is 4.76 Å². The standard InChI is InChI=1S/C2H7B2NO/c1-2(3)5-6-4/h3-4H2,1H3/b5-2+. The molecule has 0 heterocycles. The zero-order valence-electron chi connectivity index (χ0n) is 4.36. The predicted octanol–water partition coefficient (Wildman–Crippen LogP) is -1.48. The highest BCUT2D eigenvalue weighted by Gasteiger charge is 1.69. The van der Waals surface area contributed by atoms with E-state index in [0.29, 0.717) is 0 Å². The maximum atomic E-state index is 4.39. The molecule has 0 bridgehead atoms. The third-order valence-electron chi connectivity index (χ3n) is 0.274. The van der Waals surface area contributed by atoms with E-state index >= 15 is 0 Å². The van der Waals surface area contributed by atoms with Gasteiger partial charge in [0.05, 0.1) is 0 Å². The average molecular weight is 82.7 g/mol. The fourth-order valence-corrected chi connectivity index (χ4v) is 0.183. The molecule has 0 aliphatic rings. The Morgan fingerprint density at radius 2 is 2.33 bits per heavy atom. The number of hydrogen-bond donors (Lipinski definition) is 0. The van der Waals surface area contributed by atoms with Gasteiger partial charge in [0.2, 0.25) is 0 Å². The fourth-order valence-electron chi connectivity index (χ4n) is 0.183. The second kappa shape index (κ2) is 2.82. The van der Waals surface area contributed by atoms with Crippen LogP contribution in [0.1, 0.15) is 6.92 Å². The Balaban J connectivity index is 3.14. The largest absolute Gasteiger partial charge is 0.480 e. The van der Waals surface area contributed by atoms with E-state index in [1.54, 1.807) is 0 Å². The third-order valence-corrected chi connectivity index (χ3v) is 0.274. The van der Waals surface area contributed by atoms with Crippen LogP contribution in [0.5, 0.6) is 0 Å². The first-order chi connectivity index (χ1) is 2.77. The quantitative estimate of drug-likeness (QED) is 0.215. The summed E-state index contributed by atoms with van der Waals surface area (Å²) in [5, 5.41) is 3.54. The first kappa shape index (κ1) is 5.60. The monoisotopic (exact) mass is 83.1 g/mol. The normalized spacial score (nSPS) is 11.2. The van der Waals surface area contributed by atoms with Crippen LogP contribution in [-0.4, -0.2) is 21.5 Å². The summed E-state index contributed by atoms with van der Waals surface area (Å²) in [6, 6.07) is 0. The van der Waals surface area contributed by atoms with Gasteiger partial charge in [0.15, 0.2) is 7.85 Å². The van der Waals surface area contributed by atoms with Gasteiger partial charge in [-0.1, -0.05) is 0 Å². The van der Waals surface area contributed by atoms with Gasteiger partial charge in [0, 0.05) is 5.61 Å². The Morgan fingerprint density at radius 1 is 1.83 bits per heavy atom. The number of hydrogen-bond acceptors (Lipinski definition) is 2. The lowest BCUT2D eigenvalue weighted by Crippen LogP contribution is -1.87. The Hall–Kier alpha value is -0.400. The second-order valence-electron chi connectivity index (χ2n) is 1.22. The van der Waals surface area contributed by atoms with Gasteiger partial charge in [-0.3, -0.25) is 0 Å². The SMILES string of the molecule is BO/N=C(/B)C. The molecule has 2 nitrogen and oxygen atoms in total. The molecule has 32 valence electrons. The summed E-state index contributed by atoms with van der Waals surface area (Å²) in [5.74, 6) is 0. The summed E-state index contributed by atoms with van der Waals surface area (Å²) < 4.78 is 4.39. The smallest absolute Gasteiger partial charge is 0.360 e. The highest BCUT2D eigenvalue weighted by atomic mass is 16.6. The van der Waals surface area contributed by atoms with Gasteiger partial charge in [-0.05, 0) is 6.92 Å². The Morgan fingerprint density at radius 3 is 2.33 bits per heavy atom. The van der Waals surface area contributed by atoms with Gasteiger partial charge in [-0.2, -0.15) is 0 Å². The zero-order chi connectivity index (χ0) is 4.99. The summed E-state index contributed by atoms with van der Waals surface area (Å²) in [6.07, 6.45) is 0. The van der Waals surface area contributed by atoms with E-state index in [2.05, 4.69) is 9.91 Å². The van der Waals surface area contributed by atoms with Crippen molar-refractivity contribution >= 4 is 21.5 Å². The molecule has 4 heteroatoms. The van der Waals surface area contributed by atoms with Crippen molar-refractivity contribution in [1.82, 2.24) is 0 Å². The van der Waals surface area contributed by atoms with Crippen LogP contribution >= 0.6 is 0 Å². The van der Waals surface area contributed by atoms with Gasteiger partial charge in [0.1, 0.15) is 0 Å². The molecule has 0 radical (unpaired) electrons. The van der Waals surface area contributed by atoms with E-state index in [0.717, 1.165) is 5.61 Å². The van der Waals surface area contributed by atoms with Crippen molar-refractivity contribution in [2.24, 2.45) is 5.16 Å². The van der Waals surface area contributed by atoms with Crippen LogP contribution in [0.25, 0.3) is 0 Å². The van der Waals surface area contributed by atoms with Crippen LogP contribution in [0.4, 0.5) is 0 Å². The second-order valence-corrected chi connectivity index (χ2v) is 1.22. The van der Waals surface area contributed by atoms with Crippen molar-refractivity contribution in [2.45, 2.75) is 6.92 Å². The summed E-state index contributed by atoms with van der Waals surface area (Å²) in [7, 11) is 3.41. The lowest BCUT2D eigenvalue weighted by atomic mass is 10.1. The molecular formula is C2H7B2NO. The summed E-state index contributed by atoms with van der Waals surface area (Å²) in [5.41, 5.74) is 0.942. The molecule has 0 aromatic rings. The van der Waals surface area contributed by atoms with E-state index in [1.807, 2.05) is 14.8 Å². The van der Waals surface area contributed by atoms with Crippen LogP contribution < -0.4 is 0 Å². The Kier molecular flexibility index (Phi) is 2.63. The van der Waals surface area contributed by atoms with E-state index in [9.17, 15) is 0 Å². The van der Waals surface area contributed by atoms with Gasteiger partial charge in [0.25, 0.3) is 0 Å². The minimum absolute atomic E-state index is 0.942. The predicted molar refractivity (Wildman–Crippen MR) is 31.3 cm³/mol. The Labute approximate surface area is 39.4 Å². The molecule has 0 N–H and O–H groups in total. The van der Waals surface area contributed by atoms with Crippen molar-refractivity contribution in [3.63, 3.8) is 0 Å². The van der Waals surface area contributed by atoms with Crippen molar-refractivity contribution in [3.05, 3.63) is 0 Å². The van der Waals surface area contributed by atoms with E-state index in [4.69, 9.17) is 0 Å². The molecule has 0 aromatic carbocycles. The zero-order valence-corrected chi connectivity index (χ0v) is 4.36. The Bertz CT molecular complexity index is 58.6. The molecule has 0 unspecified atom stereocenters. The van der Waals surface area contributed by atoms with Crippen LogP contribution in [-0.2, 0) is 4.76 Å². The lowest BCUT2D eigenvalue weighted by Gasteiger charge is -1.85. The van der Waals surface area contributed by atoms with Crippen LogP contribution in [0.2, 0.25) is 0 Å². The molecule has 0 aliphatic carbocycles. The number of oxime groups is 1. The minimum atomic E-state index is 0.942. The van der Waals surface area contributed by atoms with E-state index < -0.39 is 0 Å². The first-order valence-corrected chi connectivity index (χ1v) is 1.81. The van der Waals surface area contributed by atoms with Crippen LogP contribution in [0, 0.1) is 0 Å². The molecule has 0 fully saturated rings. The highest BCUT2D eigenvalue weighted by molar-refractivity contribution is 6.58. The molecule has 0 aromatic heterocycles. The number of nitrogens with zero attached hydrogens (tertiary/aromatic N) is 1. The first-order valence-electron chi connectivity index (χ1n) is 1.81.